The molecule has 1 fully saturated rings. The molecule has 0 aliphatic heterocycles. The van der Waals surface area contributed by atoms with Crippen LogP contribution >= 0.6 is 0 Å². The summed E-state index contributed by atoms with van der Waals surface area (Å²) in [4.78, 5) is 24.2. The van der Waals surface area contributed by atoms with E-state index in [2.05, 4.69) is 24.3 Å². The average Bonchev–Trinajstić information content (AvgIpc) is 3.14. The predicted octanol–water partition coefficient (Wildman–Crippen LogP) is 2.38. The molecule has 6 nitrogen and oxygen atoms in total. The standard InChI is InChI=1S/C15H23N3O3/c1-4-10(2)18-13(8-9-16-18)17-14(19)11-6-5-7-12(11)15(20)21-3/h8-12H,4-7H2,1-3H3,(H,17,19)/t10-,11-,12+/m0/s1. The van der Waals surface area contributed by atoms with Gasteiger partial charge in [-0.1, -0.05) is 13.3 Å². The lowest BCUT2D eigenvalue weighted by molar-refractivity contribution is -0.148. The molecule has 1 aliphatic carbocycles. The fourth-order valence-corrected chi connectivity index (χ4v) is 2.86. The second-order valence-electron chi connectivity index (χ2n) is 5.57. The molecule has 1 aliphatic rings. The smallest absolute Gasteiger partial charge is 0.309 e. The quantitative estimate of drug-likeness (QED) is 0.846. The zero-order valence-corrected chi connectivity index (χ0v) is 12.8. The van der Waals surface area contributed by atoms with Crippen molar-refractivity contribution in [2.45, 2.75) is 45.6 Å². The fraction of sp³-hybridized carbons (Fsp3) is 0.667. The number of esters is 1. The molecule has 21 heavy (non-hydrogen) atoms. The zero-order valence-electron chi connectivity index (χ0n) is 12.8. The summed E-state index contributed by atoms with van der Waals surface area (Å²) in [5.74, 6) is -0.353. The van der Waals surface area contributed by atoms with Gasteiger partial charge in [0.2, 0.25) is 5.91 Å². The Bertz CT molecular complexity index is 512. The van der Waals surface area contributed by atoms with Gasteiger partial charge < -0.3 is 10.1 Å². The number of rotatable bonds is 5. The predicted molar refractivity (Wildman–Crippen MR) is 78.7 cm³/mol. The number of hydrogen-bond donors (Lipinski definition) is 1. The summed E-state index contributed by atoms with van der Waals surface area (Å²) in [7, 11) is 1.37. The number of carbonyl (C=O) groups excluding carboxylic acids is 2. The van der Waals surface area contributed by atoms with E-state index in [9.17, 15) is 9.59 Å². The van der Waals surface area contributed by atoms with Gasteiger partial charge in [0.15, 0.2) is 0 Å². The van der Waals surface area contributed by atoms with Crippen LogP contribution in [0.3, 0.4) is 0 Å². The maximum absolute atomic E-state index is 12.4. The Morgan fingerprint density at radius 3 is 2.86 bits per heavy atom. The van der Waals surface area contributed by atoms with Crippen LogP contribution in [0.25, 0.3) is 0 Å². The number of carbonyl (C=O) groups is 2. The number of ether oxygens (including phenoxy) is 1. The average molecular weight is 293 g/mol. The second-order valence-corrected chi connectivity index (χ2v) is 5.57. The lowest BCUT2D eigenvalue weighted by Crippen LogP contribution is -2.31. The summed E-state index contributed by atoms with van der Waals surface area (Å²) in [6.45, 7) is 4.12. The Kier molecular flexibility index (Phi) is 4.98. The van der Waals surface area contributed by atoms with Crippen LogP contribution in [-0.2, 0) is 14.3 Å². The van der Waals surface area contributed by atoms with Crippen LogP contribution in [0.5, 0.6) is 0 Å². The summed E-state index contributed by atoms with van der Waals surface area (Å²) in [5.41, 5.74) is 0. The maximum atomic E-state index is 12.4. The minimum atomic E-state index is -0.324. The molecule has 1 aromatic heterocycles. The Balaban J connectivity index is 2.08. The van der Waals surface area contributed by atoms with Gasteiger partial charge in [-0.15, -0.1) is 0 Å². The number of anilines is 1. The molecular weight excluding hydrogens is 270 g/mol. The van der Waals surface area contributed by atoms with E-state index in [1.807, 2.05) is 0 Å². The Hall–Kier alpha value is -1.85. The molecule has 0 unspecified atom stereocenters. The van der Waals surface area contributed by atoms with E-state index in [0.29, 0.717) is 5.82 Å². The van der Waals surface area contributed by atoms with Crippen molar-refractivity contribution in [3.8, 4) is 0 Å². The van der Waals surface area contributed by atoms with Crippen molar-refractivity contribution in [3.05, 3.63) is 12.3 Å². The molecule has 0 saturated heterocycles. The normalized spacial score (nSPS) is 22.8. The van der Waals surface area contributed by atoms with E-state index in [4.69, 9.17) is 4.74 Å². The minimum absolute atomic E-state index is 0.118. The highest BCUT2D eigenvalue weighted by molar-refractivity contribution is 5.95. The summed E-state index contributed by atoms with van der Waals surface area (Å²) < 4.78 is 6.60. The number of methoxy groups -OCH3 is 1. The van der Waals surface area contributed by atoms with Crippen LogP contribution < -0.4 is 5.32 Å². The molecule has 0 spiro atoms. The van der Waals surface area contributed by atoms with Gasteiger partial charge in [-0.25, -0.2) is 4.68 Å². The van der Waals surface area contributed by atoms with E-state index in [0.717, 1.165) is 25.7 Å². The lowest BCUT2D eigenvalue weighted by atomic mass is 9.95. The van der Waals surface area contributed by atoms with Gasteiger partial charge in [-0.05, 0) is 26.2 Å². The van der Waals surface area contributed by atoms with Crippen molar-refractivity contribution < 1.29 is 14.3 Å². The fourth-order valence-electron chi connectivity index (χ4n) is 2.86. The van der Waals surface area contributed by atoms with E-state index in [1.54, 1.807) is 16.9 Å². The molecule has 1 aromatic rings. The van der Waals surface area contributed by atoms with Crippen molar-refractivity contribution >= 4 is 17.7 Å². The lowest BCUT2D eigenvalue weighted by Gasteiger charge is -2.19. The minimum Gasteiger partial charge on any atom is -0.469 e. The molecular formula is C15H23N3O3. The second kappa shape index (κ2) is 6.74. The van der Waals surface area contributed by atoms with Crippen LogP contribution in [0.1, 0.15) is 45.6 Å². The molecule has 1 N–H and O–H groups in total. The number of nitrogens with one attached hydrogen (secondary N) is 1. The van der Waals surface area contributed by atoms with Crippen molar-refractivity contribution in [1.82, 2.24) is 9.78 Å². The monoisotopic (exact) mass is 293 g/mol. The SMILES string of the molecule is CC[C@H](C)n1nccc1NC(=O)[C@H]1CCC[C@H]1C(=O)OC. The first-order valence-corrected chi connectivity index (χ1v) is 7.50. The number of hydrogen-bond acceptors (Lipinski definition) is 4. The van der Waals surface area contributed by atoms with E-state index < -0.39 is 0 Å². The van der Waals surface area contributed by atoms with Gasteiger partial charge in [-0.3, -0.25) is 9.59 Å². The first-order valence-electron chi connectivity index (χ1n) is 7.50. The first kappa shape index (κ1) is 15.5. The van der Waals surface area contributed by atoms with Crippen LogP contribution in [-0.4, -0.2) is 28.8 Å². The Morgan fingerprint density at radius 1 is 1.48 bits per heavy atom. The molecule has 116 valence electrons. The number of nitrogens with zero attached hydrogens (tertiary/aromatic N) is 2. The van der Waals surface area contributed by atoms with Gasteiger partial charge in [-0.2, -0.15) is 5.10 Å². The molecule has 1 saturated carbocycles. The van der Waals surface area contributed by atoms with Crippen LogP contribution in [0.4, 0.5) is 5.82 Å². The molecule has 6 heteroatoms. The molecule has 1 amide bonds. The zero-order chi connectivity index (χ0) is 15.4. The number of aromatic nitrogens is 2. The molecule has 2 rings (SSSR count). The third kappa shape index (κ3) is 3.25. The van der Waals surface area contributed by atoms with Gasteiger partial charge in [0.05, 0.1) is 31.2 Å². The maximum Gasteiger partial charge on any atom is 0.309 e. The molecule has 0 aromatic carbocycles. The van der Waals surface area contributed by atoms with E-state index >= 15 is 0 Å². The van der Waals surface area contributed by atoms with Gasteiger partial charge in [0.1, 0.15) is 5.82 Å². The van der Waals surface area contributed by atoms with Gasteiger partial charge in [0.25, 0.3) is 0 Å². The molecule has 3 atom stereocenters. The van der Waals surface area contributed by atoms with E-state index in [1.165, 1.54) is 7.11 Å². The largest absolute Gasteiger partial charge is 0.469 e. The van der Waals surface area contributed by atoms with Crippen molar-refractivity contribution in [2.24, 2.45) is 11.8 Å². The highest BCUT2D eigenvalue weighted by Gasteiger charge is 2.38. The van der Waals surface area contributed by atoms with E-state index in [-0.39, 0.29) is 29.8 Å². The van der Waals surface area contributed by atoms with Gasteiger partial charge >= 0.3 is 5.97 Å². The molecule has 1 heterocycles. The highest BCUT2D eigenvalue weighted by Crippen LogP contribution is 2.33. The topological polar surface area (TPSA) is 73.2 Å². The summed E-state index contributed by atoms with van der Waals surface area (Å²) in [6, 6.07) is 2.00. The first-order chi connectivity index (χ1) is 10.1. The van der Waals surface area contributed by atoms with Crippen molar-refractivity contribution in [3.63, 3.8) is 0 Å². The number of amides is 1. The van der Waals surface area contributed by atoms with Crippen molar-refractivity contribution in [2.75, 3.05) is 12.4 Å². The highest BCUT2D eigenvalue weighted by atomic mass is 16.5. The molecule has 0 bridgehead atoms. The third-order valence-corrected chi connectivity index (χ3v) is 4.29. The van der Waals surface area contributed by atoms with Crippen LogP contribution in [0, 0.1) is 11.8 Å². The summed E-state index contributed by atoms with van der Waals surface area (Å²) in [5, 5.41) is 7.16. The van der Waals surface area contributed by atoms with Gasteiger partial charge in [0, 0.05) is 6.07 Å². The Morgan fingerprint density at radius 2 is 2.19 bits per heavy atom. The van der Waals surface area contributed by atoms with Crippen LogP contribution in [0.2, 0.25) is 0 Å². The molecule has 0 radical (unpaired) electrons. The summed E-state index contributed by atoms with van der Waals surface area (Å²) in [6.07, 6.45) is 4.92. The third-order valence-electron chi connectivity index (χ3n) is 4.29. The van der Waals surface area contributed by atoms with Crippen molar-refractivity contribution in [1.29, 1.82) is 0 Å². The van der Waals surface area contributed by atoms with Crippen LogP contribution in [0.15, 0.2) is 12.3 Å². The Labute approximate surface area is 124 Å². The summed E-state index contributed by atoms with van der Waals surface area (Å²) >= 11 is 0.